The van der Waals surface area contributed by atoms with Crippen LogP contribution in [0.4, 0.5) is 5.69 Å². The Kier molecular flexibility index (Phi) is 3.84. The van der Waals surface area contributed by atoms with Gasteiger partial charge in [0.1, 0.15) is 11.5 Å². The maximum atomic E-state index is 12.1. The quantitative estimate of drug-likeness (QED) is 0.725. The second-order valence-corrected chi connectivity index (χ2v) is 5.29. The number of carbonyl (C=O) groups excluding carboxylic acids is 1. The molecule has 0 aliphatic rings. The SMILES string of the molecule is NC(=S)c1ccc(NC(=O)Cn2cnc3ccccc32)cc1. The lowest BCUT2D eigenvalue weighted by molar-refractivity contribution is -0.116. The highest BCUT2D eigenvalue weighted by Gasteiger charge is 2.07. The van der Waals surface area contributed by atoms with Crippen LogP contribution in [0.3, 0.4) is 0 Å². The maximum Gasteiger partial charge on any atom is 0.244 e. The summed E-state index contributed by atoms with van der Waals surface area (Å²) in [6, 6.07) is 14.8. The van der Waals surface area contributed by atoms with E-state index in [4.69, 9.17) is 18.0 Å². The molecule has 0 saturated heterocycles. The molecule has 0 atom stereocenters. The Bertz CT molecular complexity index is 839. The smallest absolute Gasteiger partial charge is 0.244 e. The van der Waals surface area contributed by atoms with Crippen LogP contribution in [-0.2, 0) is 11.3 Å². The molecule has 22 heavy (non-hydrogen) atoms. The molecule has 0 unspecified atom stereocenters. The summed E-state index contributed by atoms with van der Waals surface area (Å²) in [5.74, 6) is -0.119. The number of nitrogens with two attached hydrogens (primary N) is 1. The fourth-order valence-electron chi connectivity index (χ4n) is 2.21. The van der Waals surface area contributed by atoms with Crippen molar-refractivity contribution in [3.8, 4) is 0 Å². The summed E-state index contributed by atoms with van der Waals surface area (Å²) in [7, 11) is 0. The number of amides is 1. The molecule has 0 saturated carbocycles. The third-order valence-corrected chi connectivity index (χ3v) is 3.53. The number of carbonyl (C=O) groups is 1. The molecular weight excluding hydrogens is 296 g/mol. The first-order valence-electron chi connectivity index (χ1n) is 6.73. The molecule has 0 aliphatic carbocycles. The fraction of sp³-hybridized carbons (Fsp3) is 0.0625. The Hall–Kier alpha value is -2.73. The number of aromatic nitrogens is 2. The zero-order chi connectivity index (χ0) is 15.5. The normalized spacial score (nSPS) is 10.5. The summed E-state index contributed by atoms with van der Waals surface area (Å²) in [4.78, 5) is 16.7. The monoisotopic (exact) mass is 310 g/mol. The lowest BCUT2D eigenvalue weighted by atomic mass is 10.2. The van der Waals surface area contributed by atoms with Crippen LogP contribution in [0.1, 0.15) is 5.56 Å². The molecule has 0 aliphatic heterocycles. The highest BCUT2D eigenvalue weighted by molar-refractivity contribution is 7.80. The van der Waals surface area contributed by atoms with Crippen molar-refractivity contribution >= 4 is 39.8 Å². The first-order chi connectivity index (χ1) is 10.6. The van der Waals surface area contributed by atoms with E-state index in [1.807, 2.05) is 28.8 Å². The highest BCUT2D eigenvalue weighted by atomic mass is 32.1. The van der Waals surface area contributed by atoms with Crippen LogP contribution in [0.15, 0.2) is 54.9 Å². The van der Waals surface area contributed by atoms with Crippen molar-refractivity contribution < 1.29 is 4.79 Å². The number of fused-ring (bicyclic) bond motifs is 1. The van der Waals surface area contributed by atoms with E-state index < -0.39 is 0 Å². The summed E-state index contributed by atoms with van der Waals surface area (Å²) in [5, 5.41) is 2.84. The van der Waals surface area contributed by atoms with Crippen LogP contribution in [-0.4, -0.2) is 20.4 Å². The number of nitrogens with one attached hydrogen (secondary N) is 1. The zero-order valence-corrected chi connectivity index (χ0v) is 12.5. The number of hydrogen-bond acceptors (Lipinski definition) is 3. The summed E-state index contributed by atoms with van der Waals surface area (Å²) in [6.45, 7) is 0.206. The van der Waals surface area contributed by atoms with Gasteiger partial charge in [0.15, 0.2) is 0 Å². The van der Waals surface area contributed by atoms with Gasteiger partial charge in [-0.3, -0.25) is 4.79 Å². The van der Waals surface area contributed by atoms with Gasteiger partial charge >= 0.3 is 0 Å². The van der Waals surface area contributed by atoms with Crippen molar-refractivity contribution in [2.45, 2.75) is 6.54 Å². The van der Waals surface area contributed by atoms with Crippen LogP contribution in [0.2, 0.25) is 0 Å². The van der Waals surface area contributed by atoms with E-state index in [-0.39, 0.29) is 12.5 Å². The molecule has 1 amide bonds. The fourth-order valence-corrected chi connectivity index (χ4v) is 2.35. The first kappa shape index (κ1) is 14.2. The minimum absolute atomic E-state index is 0.119. The summed E-state index contributed by atoms with van der Waals surface area (Å²) in [5.41, 5.74) is 8.82. The Morgan fingerprint density at radius 1 is 1.18 bits per heavy atom. The number of benzene rings is 2. The highest BCUT2D eigenvalue weighted by Crippen LogP contribution is 2.13. The Morgan fingerprint density at radius 2 is 1.91 bits per heavy atom. The average molecular weight is 310 g/mol. The third-order valence-electron chi connectivity index (χ3n) is 3.29. The molecule has 110 valence electrons. The van der Waals surface area contributed by atoms with Crippen LogP contribution in [0, 0.1) is 0 Å². The number of imidazole rings is 1. The van der Waals surface area contributed by atoms with E-state index >= 15 is 0 Å². The van der Waals surface area contributed by atoms with Crippen LogP contribution >= 0.6 is 12.2 Å². The van der Waals surface area contributed by atoms with Gasteiger partial charge in [-0.05, 0) is 36.4 Å². The van der Waals surface area contributed by atoms with Gasteiger partial charge in [-0.1, -0.05) is 24.4 Å². The lowest BCUT2D eigenvalue weighted by Crippen LogP contribution is -2.18. The number of nitrogens with zero attached hydrogens (tertiary/aromatic N) is 2. The zero-order valence-electron chi connectivity index (χ0n) is 11.7. The number of para-hydroxylation sites is 2. The van der Waals surface area contributed by atoms with Gasteiger partial charge in [-0.15, -0.1) is 0 Å². The molecule has 0 fully saturated rings. The summed E-state index contributed by atoms with van der Waals surface area (Å²) < 4.78 is 1.81. The minimum atomic E-state index is -0.119. The van der Waals surface area contributed by atoms with Crippen LogP contribution < -0.4 is 11.1 Å². The molecular formula is C16H14N4OS. The van der Waals surface area contributed by atoms with Crippen molar-refractivity contribution in [3.05, 3.63) is 60.4 Å². The maximum absolute atomic E-state index is 12.1. The second kappa shape index (κ2) is 5.95. The Balaban J connectivity index is 1.71. The molecule has 2 aromatic carbocycles. The van der Waals surface area contributed by atoms with Gasteiger partial charge in [0.2, 0.25) is 5.91 Å². The Morgan fingerprint density at radius 3 is 2.64 bits per heavy atom. The number of thiocarbonyl (C=S) groups is 1. The van der Waals surface area contributed by atoms with Gasteiger partial charge < -0.3 is 15.6 Å². The molecule has 0 radical (unpaired) electrons. The van der Waals surface area contributed by atoms with Crippen molar-refractivity contribution in [3.63, 3.8) is 0 Å². The molecule has 1 aromatic heterocycles. The molecule has 0 spiro atoms. The summed E-state index contributed by atoms with van der Waals surface area (Å²) in [6.07, 6.45) is 1.67. The van der Waals surface area contributed by atoms with E-state index in [2.05, 4.69) is 10.3 Å². The van der Waals surface area contributed by atoms with E-state index in [0.29, 0.717) is 10.7 Å². The van der Waals surface area contributed by atoms with Gasteiger partial charge in [0.05, 0.1) is 17.4 Å². The molecule has 3 rings (SSSR count). The van der Waals surface area contributed by atoms with Gasteiger partial charge in [0, 0.05) is 11.3 Å². The van der Waals surface area contributed by atoms with Crippen LogP contribution in [0.5, 0.6) is 0 Å². The molecule has 0 bridgehead atoms. The first-order valence-corrected chi connectivity index (χ1v) is 7.14. The van der Waals surface area contributed by atoms with Gasteiger partial charge in [0.25, 0.3) is 0 Å². The van der Waals surface area contributed by atoms with Crippen molar-refractivity contribution in [1.29, 1.82) is 0 Å². The standard InChI is InChI=1S/C16H14N4OS/c17-16(22)11-5-7-12(8-6-11)19-15(21)9-20-10-18-13-3-1-2-4-14(13)20/h1-8,10H,9H2,(H2,17,22)(H,19,21). The van der Waals surface area contributed by atoms with E-state index in [0.717, 1.165) is 16.6 Å². The molecule has 3 N–H and O–H groups in total. The van der Waals surface area contributed by atoms with Gasteiger partial charge in [-0.25, -0.2) is 4.98 Å². The van der Waals surface area contributed by atoms with E-state index in [1.165, 1.54) is 0 Å². The van der Waals surface area contributed by atoms with Crippen molar-refractivity contribution in [2.75, 3.05) is 5.32 Å². The number of rotatable bonds is 4. The Labute approximate surface area is 132 Å². The van der Waals surface area contributed by atoms with Crippen molar-refractivity contribution in [2.24, 2.45) is 5.73 Å². The van der Waals surface area contributed by atoms with E-state index in [1.54, 1.807) is 30.6 Å². The molecule has 1 heterocycles. The second-order valence-electron chi connectivity index (χ2n) is 4.85. The largest absolute Gasteiger partial charge is 0.389 e. The average Bonchev–Trinajstić information content (AvgIpc) is 2.91. The predicted molar refractivity (Wildman–Crippen MR) is 90.7 cm³/mol. The number of hydrogen-bond donors (Lipinski definition) is 2. The summed E-state index contributed by atoms with van der Waals surface area (Å²) >= 11 is 4.90. The van der Waals surface area contributed by atoms with Crippen LogP contribution in [0.25, 0.3) is 11.0 Å². The molecule has 6 heteroatoms. The minimum Gasteiger partial charge on any atom is -0.389 e. The lowest BCUT2D eigenvalue weighted by Gasteiger charge is -2.07. The predicted octanol–water partition coefficient (Wildman–Crippen LogP) is 2.31. The molecule has 3 aromatic rings. The third kappa shape index (κ3) is 2.96. The van der Waals surface area contributed by atoms with Crippen molar-refractivity contribution in [1.82, 2.24) is 9.55 Å². The van der Waals surface area contributed by atoms with Gasteiger partial charge in [-0.2, -0.15) is 0 Å². The molecule has 5 nitrogen and oxygen atoms in total. The number of anilines is 1. The van der Waals surface area contributed by atoms with E-state index in [9.17, 15) is 4.79 Å². The topological polar surface area (TPSA) is 72.9 Å².